The van der Waals surface area contributed by atoms with Gasteiger partial charge in [-0.05, 0) is 0 Å². The fourth-order valence-electron chi connectivity index (χ4n) is 1.12. The molecule has 3 amide bonds. The standard InChI is InChI=1S/C7H11N3O3/c1-10-6(12)2-4(7(10)13)9-5(11)3-8/h4H,2-3,8H2,1H3,(H,9,11). The number of nitrogens with zero attached hydrogens (tertiary/aromatic N) is 1. The molecule has 1 unspecified atom stereocenters. The third-order valence-electron chi connectivity index (χ3n) is 1.90. The second kappa shape index (κ2) is 3.53. The van der Waals surface area contributed by atoms with Gasteiger partial charge < -0.3 is 11.1 Å². The molecule has 1 atom stereocenters. The van der Waals surface area contributed by atoms with Gasteiger partial charge in [-0.3, -0.25) is 19.3 Å². The average Bonchev–Trinajstić information content (AvgIpc) is 2.34. The zero-order valence-electron chi connectivity index (χ0n) is 7.24. The Morgan fingerprint density at radius 3 is 2.69 bits per heavy atom. The predicted octanol–water partition coefficient (Wildman–Crippen LogP) is -2.18. The maximum absolute atomic E-state index is 11.2. The van der Waals surface area contributed by atoms with Crippen LogP contribution in [0.4, 0.5) is 0 Å². The molecule has 0 spiro atoms. The molecule has 1 aliphatic rings. The van der Waals surface area contributed by atoms with Crippen molar-refractivity contribution in [2.24, 2.45) is 5.73 Å². The van der Waals surface area contributed by atoms with Crippen LogP contribution in [-0.4, -0.2) is 42.3 Å². The number of carbonyl (C=O) groups excluding carboxylic acids is 3. The number of rotatable bonds is 2. The number of carbonyl (C=O) groups is 3. The molecule has 1 fully saturated rings. The van der Waals surface area contributed by atoms with E-state index in [-0.39, 0.29) is 24.8 Å². The minimum Gasteiger partial charge on any atom is -0.343 e. The molecule has 13 heavy (non-hydrogen) atoms. The van der Waals surface area contributed by atoms with Crippen molar-refractivity contribution in [3.05, 3.63) is 0 Å². The predicted molar refractivity (Wildman–Crippen MR) is 43.4 cm³/mol. The molecule has 6 nitrogen and oxygen atoms in total. The minimum atomic E-state index is -0.728. The lowest BCUT2D eigenvalue weighted by atomic mass is 10.2. The molecule has 6 heteroatoms. The molecule has 0 aliphatic carbocycles. The van der Waals surface area contributed by atoms with Crippen molar-refractivity contribution in [2.75, 3.05) is 13.6 Å². The molecule has 0 radical (unpaired) electrons. The number of amides is 3. The fourth-order valence-corrected chi connectivity index (χ4v) is 1.12. The van der Waals surface area contributed by atoms with Gasteiger partial charge in [-0.25, -0.2) is 0 Å². The van der Waals surface area contributed by atoms with Crippen LogP contribution in [0.15, 0.2) is 0 Å². The minimum absolute atomic E-state index is 0.0288. The maximum Gasteiger partial charge on any atom is 0.252 e. The Bertz CT molecular complexity index is 264. The fraction of sp³-hybridized carbons (Fsp3) is 0.571. The quantitative estimate of drug-likeness (QED) is 0.478. The molecule has 0 aromatic heterocycles. The van der Waals surface area contributed by atoms with Gasteiger partial charge in [-0.15, -0.1) is 0 Å². The highest BCUT2D eigenvalue weighted by Crippen LogP contribution is 2.09. The summed E-state index contributed by atoms with van der Waals surface area (Å²) in [6.07, 6.45) is 0.0288. The number of imide groups is 1. The molecule has 72 valence electrons. The second-order valence-electron chi connectivity index (χ2n) is 2.82. The van der Waals surface area contributed by atoms with Gasteiger partial charge in [0.05, 0.1) is 13.0 Å². The summed E-state index contributed by atoms with van der Waals surface area (Å²) in [6, 6.07) is -0.728. The Morgan fingerprint density at radius 2 is 2.31 bits per heavy atom. The monoisotopic (exact) mass is 185 g/mol. The summed E-state index contributed by atoms with van der Waals surface area (Å²) in [5.74, 6) is -1.10. The van der Waals surface area contributed by atoms with Crippen molar-refractivity contribution >= 4 is 17.7 Å². The summed E-state index contributed by atoms with van der Waals surface area (Å²) in [6.45, 7) is -0.179. The van der Waals surface area contributed by atoms with Gasteiger partial charge in [0.2, 0.25) is 11.8 Å². The van der Waals surface area contributed by atoms with Crippen LogP contribution in [0.3, 0.4) is 0 Å². The molecule has 1 aliphatic heterocycles. The van der Waals surface area contributed by atoms with Crippen molar-refractivity contribution in [3.8, 4) is 0 Å². The Morgan fingerprint density at radius 1 is 1.69 bits per heavy atom. The van der Waals surface area contributed by atoms with Crippen molar-refractivity contribution in [3.63, 3.8) is 0 Å². The van der Waals surface area contributed by atoms with Crippen molar-refractivity contribution in [1.82, 2.24) is 10.2 Å². The van der Waals surface area contributed by atoms with Crippen LogP contribution >= 0.6 is 0 Å². The van der Waals surface area contributed by atoms with E-state index in [9.17, 15) is 14.4 Å². The van der Waals surface area contributed by atoms with Crippen LogP contribution in [0.2, 0.25) is 0 Å². The molecule has 0 saturated carbocycles. The zero-order valence-corrected chi connectivity index (χ0v) is 7.24. The van der Waals surface area contributed by atoms with E-state index >= 15 is 0 Å². The first-order chi connectivity index (χ1) is 6.06. The van der Waals surface area contributed by atoms with Crippen molar-refractivity contribution in [1.29, 1.82) is 0 Å². The summed E-state index contributed by atoms with van der Waals surface area (Å²) in [5, 5.41) is 2.36. The second-order valence-corrected chi connectivity index (χ2v) is 2.82. The molecule has 0 bridgehead atoms. The number of nitrogens with two attached hydrogens (primary N) is 1. The highest BCUT2D eigenvalue weighted by atomic mass is 16.2. The molecule has 1 rings (SSSR count). The van der Waals surface area contributed by atoms with E-state index in [0.29, 0.717) is 0 Å². The van der Waals surface area contributed by atoms with Crippen LogP contribution in [0.25, 0.3) is 0 Å². The van der Waals surface area contributed by atoms with E-state index in [1.54, 1.807) is 0 Å². The number of likely N-dealkylation sites (tertiary alicyclic amines) is 1. The summed E-state index contributed by atoms with van der Waals surface area (Å²) in [5.41, 5.74) is 5.04. The van der Waals surface area contributed by atoms with Gasteiger partial charge in [0.25, 0.3) is 5.91 Å². The van der Waals surface area contributed by atoms with Gasteiger partial charge in [0.1, 0.15) is 6.04 Å². The number of hydrogen-bond acceptors (Lipinski definition) is 4. The summed E-state index contributed by atoms with van der Waals surface area (Å²) in [7, 11) is 1.39. The first kappa shape index (κ1) is 9.66. The Balaban J connectivity index is 2.59. The zero-order chi connectivity index (χ0) is 10.0. The first-order valence-electron chi connectivity index (χ1n) is 3.86. The van der Waals surface area contributed by atoms with Crippen LogP contribution in [0.5, 0.6) is 0 Å². The third kappa shape index (κ3) is 1.83. The number of nitrogens with one attached hydrogen (secondary N) is 1. The van der Waals surface area contributed by atoms with E-state index in [1.807, 2.05) is 0 Å². The third-order valence-corrected chi connectivity index (χ3v) is 1.90. The normalized spacial score (nSPS) is 22.3. The lowest BCUT2D eigenvalue weighted by Gasteiger charge is -2.09. The Hall–Kier alpha value is -1.43. The summed E-state index contributed by atoms with van der Waals surface area (Å²) >= 11 is 0. The van der Waals surface area contributed by atoms with Gasteiger partial charge in [-0.1, -0.05) is 0 Å². The molecule has 0 aromatic carbocycles. The molecule has 0 aromatic rings. The van der Waals surface area contributed by atoms with E-state index in [0.717, 1.165) is 4.90 Å². The summed E-state index contributed by atoms with van der Waals surface area (Å²) < 4.78 is 0. The van der Waals surface area contributed by atoms with E-state index < -0.39 is 11.9 Å². The topological polar surface area (TPSA) is 92.5 Å². The van der Waals surface area contributed by atoms with E-state index in [4.69, 9.17) is 5.73 Å². The largest absolute Gasteiger partial charge is 0.343 e. The van der Waals surface area contributed by atoms with E-state index in [2.05, 4.69) is 5.32 Å². The van der Waals surface area contributed by atoms with Gasteiger partial charge in [-0.2, -0.15) is 0 Å². The van der Waals surface area contributed by atoms with Crippen LogP contribution in [-0.2, 0) is 14.4 Å². The lowest BCUT2D eigenvalue weighted by Crippen LogP contribution is -2.43. The molecule has 1 heterocycles. The van der Waals surface area contributed by atoms with Crippen LogP contribution in [0.1, 0.15) is 6.42 Å². The maximum atomic E-state index is 11.2. The molecule has 1 saturated heterocycles. The number of likely N-dealkylation sites (N-methyl/N-ethyl adjacent to an activating group) is 1. The van der Waals surface area contributed by atoms with Gasteiger partial charge >= 0.3 is 0 Å². The van der Waals surface area contributed by atoms with Gasteiger partial charge in [0, 0.05) is 7.05 Å². The molecular weight excluding hydrogens is 174 g/mol. The van der Waals surface area contributed by atoms with E-state index in [1.165, 1.54) is 7.05 Å². The highest BCUT2D eigenvalue weighted by Gasteiger charge is 2.36. The Labute approximate surface area is 75.1 Å². The summed E-state index contributed by atoms with van der Waals surface area (Å²) in [4.78, 5) is 34.0. The smallest absolute Gasteiger partial charge is 0.252 e. The van der Waals surface area contributed by atoms with Crippen molar-refractivity contribution in [2.45, 2.75) is 12.5 Å². The van der Waals surface area contributed by atoms with Crippen molar-refractivity contribution < 1.29 is 14.4 Å². The average molecular weight is 185 g/mol. The Kier molecular flexibility index (Phi) is 2.62. The molecule has 3 N–H and O–H groups in total. The first-order valence-corrected chi connectivity index (χ1v) is 3.86. The lowest BCUT2D eigenvalue weighted by molar-refractivity contribution is -0.138. The number of hydrogen-bond donors (Lipinski definition) is 2. The van der Waals surface area contributed by atoms with Crippen LogP contribution in [0, 0.1) is 0 Å². The van der Waals surface area contributed by atoms with Gasteiger partial charge in [0.15, 0.2) is 0 Å². The van der Waals surface area contributed by atoms with Crippen LogP contribution < -0.4 is 11.1 Å². The molecular formula is C7H11N3O3. The SMILES string of the molecule is CN1C(=O)CC(NC(=O)CN)C1=O. The highest BCUT2D eigenvalue weighted by molar-refractivity contribution is 6.06.